The van der Waals surface area contributed by atoms with Gasteiger partial charge in [-0.05, 0) is 30.1 Å². The van der Waals surface area contributed by atoms with E-state index in [-0.39, 0.29) is 35.6 Å². The van der Waals surface area contributed by atoms with Gasteiger partial charge in [0, 0.05) is 0 Å². The second-order valence-corrected chi connectivity index (χ2v) is 15.3. The van der Waals surface area contributed by atoms with Crippen molar-refractivity contribution < 1.29 is 49.0 Å². The molecule has 3 heteroatoms. The average molecular weight is 726 g/mol. The number of fused-ring (bicyclic) bond motifs is 3. The number of halogens is 2. The van der Waals surface area contributed by atoms with Crippen molar-refractivity contribution >= 4 is 30.3 Å². The van der Waals surface area contributed by atoms with Crippen LogP contribution in [0, 0.1) is 0 Å². The minimum atomic E-state index is 0. The van der Waals surface area contributed by atoms with E-state index >= 15 is 0 Å². The molecule has 0 bridgehead atoms. The van der Waals surface area contributed by atoms with Crippen molar-refractivity contribution in [1.29, 1.82) is 0 Å². The average Bonchev–Trinajstić information content (AvgIpc) is 3.68. The first-order valence-corrected chi connectivity index (χ1v) is 17.5. The summed E-state index contributed by atoms with van der Waals surface area (Å²) >= 11 is 1.46. The monoisotopic (exact) mass is 723 g/mol. The molecule has 0 fully saturated rings. The van der Waals surface area contributed by atoms with Crippen molar-refractivity contribution in [3.8, 4) is 0 Å². The van der Waals surface area contributed by atoms with Gasteiger partial charge in [0.15, 0.2) is 0 Å². The topological polar surface area (TPSA) is 0 Å². The molecule has 0 atom stereocenters. The predicted octanol–water partition coefficient (Wildman–Crippen LogP) is 5.59. The van der Waals surface area contributed by atoms with Crippen LogP contribution in [-0.2, 0) is 47.9 Å². The van der Waals surface area contributed by atoms with Crippen LogP contribution < -0.4 is 24.8 Å². The Kier molecular flexibility index (Phi) is 12.9. The fraction of sp³-hybridized carbons (Fsp3) is 0.302. The molecule has 0 saturated heterocycles. The van der Waals surface area contributed by atoms with Crippen LogP contribution in [0.2, 0.25) is 0 Å². The molecule has 0 amide bonds. The van der Waals surface area contributed by atoms with Gasteiger partial charge in [-0.25, -0.2) is 0 Å². The second-order valence-electron chi connectivity index (χ2n) is 14.1. The summed E-state index contributed by atoms with van der Waals surface area (Å²) in [6.07, 6.45) is 10.1. The van der Waals surface area contributed by atoms with Crippen LogP contribution in [0.15, 0.2) is 103 Å². The Morgan fingerprint density at radius 3 is 1.76 bits per heavy atom. The zero-order chi connectivity index (χ0) is 31.6. The fourth-order valence-electron chi connectivity index (χ4n) is 6.81. The summed E-state index contributed by atoms with van der Waals surface area (Å²) in [5.41, 5.74) is 12.0. The van der Waals surface area contributed by atoms with Gasteiger partial charge in [-0.2, -0.15) is 0 Å². The van der Waals surface area contributed by atoms with Gasteiger partial charge in [0.05, 0.1) is 0 Å². The first-order chi connectivity index (χ1) is 21.0. The van der Waals surface area contributed by atoms with Gasteiger partial charge in [-0.3, -0.25) is 0 Å². The molecule has 0 N–H and O–H groups in total. The molecule has 46 heavy (non-hydrogen) atoms. The van der Waals surface area contributed by atoms with Crippen LogP contribution in [0.4, 0.5) is 0 Å². The minimum absolute atomic E-state index is 0. The number of benzene rings is 4. The summed E-state index contributed by atoms with van der Waals surface area (Å²) in [7, 11) is 0. The van der Waals surface area contributed by atoms with Crippen molar-refractivity contribution in [1.82, 2.24) is 0 Å². The van der Waals surface area contributed by atoms with Crippen molar-refractivity contribution in [3.63, 3.8) is 0 Å². The molecule has 5 aromatic carbocycles. The number of rotatable bonds is 5. The van der Waals surface area contributed by atoms with E-state index in [0.717, 1.165) is 19.3 Å². The van der Waals surface area contributed by atoms with E-state index in [2.05, 4.69) is 159 Å². The third-order valence-electron chi connectivity index (χ3n) is 8.92. The van der Waals surface area contributed by atoms with Crippen LogP contribution >= 0.6 is 0 Å². The van der Waals surface area contributed by atoms with Gasteiger partial charge >= 0.3 is 99.2 Å². The van der Waals surface area contributed by atoms with Crippen LogP contribution in [0.25, 0.3) is 27.1 Å². The Labute approximate surface area is 304 Å². The van der Waals surface area contributed by atoms with E-state index in [0.29, 0.717) is 0 Å². The molecule has 0 saturated carbocycles. The normalized spacial score (nSPS) is 12.7. The van der Waals surface area contributed by atoms with E-state index < -0.39 is 0 Å². The zero-order valence-corrected chi connectivity index (χ0v) is 32.7. The van der Waals surface area contributed by atoms with Crippen molar-refractivity contribution in [2.75, 3.05) is 0 Å². The van der Waals surface area contributed by atoms with Crippen LogP contribution in [0.3, 0.4) is 0 Å². The van der Waals surface area contributed by atoms with Gasteiger partial charge in [-0.15, -0.1) is 33.7 Å². The molecular weight excluding hydrogens is 679 g/mol. The maximum atomic E-state index is 2.49. The van der Waals surface area contributed by atoms with Crippen molar-refractivity contribution in [2.24, 2.45) is 0 Å². The van der Waals surface area contributed by atoms with Gasteiger partial charge < -0.3 is 24.8 Å². The van der Waals surface area contributed by atoms with Gasteiger partial charge in [0.25, 0.3) is 0 Å². The quantitative estimate of drug-likeness (QED) is 0.208. The molecule has 0 radical (unpaired) electrons. The van der Waals surface area contributed by atoms with E-state index in [1.165, 1.54) is 76.8 Å². The molecule has 0 nitrogen and oxygen atoms in total. The van der Waals surface area contributed by atoms with E-state index in [4.69, 9.17) is 0 Å². The van der Waals surface area contributed by atoms with Crippen molar-refractivity contribution in [3.05, 3.63) is 142 Å². The second kappa shape index (κ2) is 15.6. The van der Waals surface area contributed by atoms with E-state index in [1.807, 2.05) is 0 Å². The predicted molar refractivity (Wildman–Crippen MR) is 191 cm³/mol. The molecule has 0 aliphatic heterocycles. The molecule has 0 heterocycles. The number of hydrogen-bond acceptors (Lipinski definition) is 0. The van der Waals surface area contributed by atoms with Crippen LogP contribution in [0.1, 0.15) is 101 Å². The Morgan fingerprint density at radius 2 is 1.30 bits per heavy atom. The standard InChI is InChI=1S/C30H37.C13H10.2ClH.Zr/c1-9-22-23(10-2)28(30(6,7)8)26(19-13-11-12-14-19)25-18-20-17-21(29(3,4)5)15-16-24(20)27(22)25;1-3-7-12(8-4-1)11-13-9-5-2-6-10-13;;;/h11-13,15-18H,9-10,14H2,1-8H3;1-10H;2*1H;/q-1;;;;+2/p-2. The third-order valence-corrected chi connectivity index (χ3v) is 10.3. The Hall–Kier alpha value is -2.44. The first-order valence-electron chi connectivity index (χ1n) is 16.2. The SMILES string of the molecule is CCc1c(C(C)(C)C)c(C2=CC=CC2)c2[cH-]c3cc(C(C)(C)C)ccc3c2c1CC.[Cl-].[Cl-].[Zr+2]=[C](c1ccccc1)c1ccccc1. The Balaban J connectivity index is 0.000000304. The van der Waals surface area contributed by atoms with E-state index in [1.54, 1.807) is 16.7 Å². The zero-order valence-electron chi connectivity index (χ0n) is 28.7. The van der Waals surface area contributed by atoms with Crippen LogP contribution in [-0.4, -0.2) is 3.21 Å². The molecule has 5 aromatic rings. The summed E-state index contributed by atoms with van der Waals surface area (Å²) in [5, 5.41) is 5.79. The van der Waals surface area contributed by atoms with E-state index in [9.17, 15) is 0 Å². The molecule has 238 valence electrons. The van der Waals surface area contributed by atoms with Gasteiger partial charge in [0.1, 0.15) is 0 Å². The molecule has 0 spiro atoms. The summed E-state index contributed by atoms with van der Waals surface area (Å²) in [6, 6.07) is 30.8. The third kappa shape index (κ3) is 7.81. The Bertz CT molecular complexity index is 1820. The maximum absolute atomic E-state index is 2.49. The Morgan fingerprint density at radius 1 is 0.739 bits per heavy atom. The number of aryl methyl sites for hydroxylation is 1. The molecular formula is C43H47Cl2Zr-. The van der Waals surface area contributed by atoms with Crippen LogP contribution in [0.5, 0.6) is 0 Å². The van der Waals surface area contributed by atoms with Crippen molar-refractivity contribution in [2.45, 2.75) is 85.5 Å². The molecule has 1 aliphatic rings. The summed E-state index contributed by atoms with van der Waals surface area (Å²) < 4.78 is 1.42. The molecule has 0 aromatic heterocycles. The summed E-state index contributed by atoms with van der Waals surface area (Å²) in [5.74, 6) is 0. The molecule has 1 aliphatic carbocycles. The first kappa shape index (κ1) is 38.0. The molecule has 6 rings (SSSR count). The number of hydrogen-bond donors (Lipinski definition) is 0. The van der Waals surface area contributed by atoms with Gasteiger partial charge in [0.2, 0.25) is 0 Å². The summed E-state index contributed by atoms with van der Waals surface area (Å²) in [6.45, 7) is 18.8. The summed E-state index contributed by atoms with van der Waals surface area (Å²) in [4.78, 5) is 0. The number of allylic oxidation sites excluding steroid dienone is 4. The molecule has 0 unspecified atom stereocenters. The van der Waals surface area contributed by atoms with Gasteiger partial charge in [-0.1, -0.05) is 119 Å². The fourth-order valence-corrected chi connectivity index (χ4v) is 7.63.